The molecular weight excluding hydrogens is 260 g/mol. The van der Waals surface area contributed by atoms with E-state index in [4.69, 9.17) is 5.73 Å². The summed E-state index contributed by atoms with van der Waals surface area (Å²) in [6.07, 6.45) is 2.53. The maximum atomic E-state index is 12.2. The minimum absolute atomic E-state index is 0.0674. The number of nitrogens with zero attached hydrogens (tertiary/aromatic N) is 2. The zero-order valence-electron chi connectivity index (χ0n) is 10.9. The van der Waals surface area contributed by atoms with Crippen molar-refractivity contribution in [3.8, 4) is 0 Å². The minimum atomic E-state index is -0.153. The van der Waals surface area contributed by atoms with E-state index >= 15 is 0 Å². The highest BCUT2D eigenvalue weighted by Crippen LogP contribution is 2.19. The van der Waals surface area contributed by atoms with Crippen LogP contribution in [0.5, 0.6) is 0 Å². The Kier molecular flexibility index (Phi) is 4.11. The highest BCUT2D eigenvalue weighted by Gasteiger charge is 2.16. The summed E-state index contributed by atoms with van der Waals surface area (Å²) in [6, 6.07) is 3.24. The van der Waals surface area contributed by atoms with Crippen LogP contribution in [0, 0.1) is 6.92 Å². The predicted molar refractivity (Wildman–Crippen MR) is 76.0 cm³/mol. The summed E-state index contributed by atoms with van der Waals surface area (Å²) in [5.74, 6) is 0.201. The van der Waals surface area contributed by atoms with Crippen molar-refractivity contribution in [3.63, 3.8) is 0 Å². The van der Waals surface area contributed by atoms with Crippen molar-refractivity contribution >= 4 is 23.1 Å². The molecule has 1 amide bonds. The molecule has 3 N–H and O–H groups in total. The standard InChI is InChI=1S/C13H16N4OS/c1-3-10(13-15-4-5-19-13)17-12(18)9-6-8(2)16-11(14)7-9/h4-7,10H,3H2,1-2H3,(H2,14,16)(H,17,18). The molecular formula is C13H16N4OS. The van der Waals surface area contributed by atoms with Crippen LogP contribution in [0.1, 0.15) is 40.4 Å². The minimum Gasteiger partial charge on any atom is -0.384 e. The Bertz CT molecular complexity index is 548. The lowest BCUT2D eigenvalue weighted by Gasteiger charge is -2.14. The first-order valence-corrected chi connectivity index (χ1v) is 6.92. The van der Waals surface area contributed by atoms with E-state index in [0.29, 0.717) is 11.4 Å². The van der Waals surface area contributed by atoms with Gasteiger partial charge in [0, 0.05) is 22.8 Å². The Labute approximate surface area is 115 Å². The fourth-order valence-corrected chi connectivity index (χ4v) is 2.58. The van der Waals surface area contributed by atoms with E-state index in [1.54, 1.807) is 18.3 Å². The molecule has 2 rings (SSSR count). The average Bonchev–Trinajstić information content (AvgIpc) is 2.88. The summed E-state index contributed by atoms with van der Waals surface area (Å²) in [4.78, 5) is 20.5. The first-order chi connectivity index (χ1) is 9.10. The van der Waals surface area contributed by atoms with Gasteiger partial charge in [0.2, 0.25) is 0 Å². The van der Waals surface area contributed by atoms with Crippen LogP contribution < -0.4 is 11.1 Å². The molecule has 6 heteroatoms. The Morgan fingerprint density at radius 2 is 2.32 bits per heavy atom. The molecule has 2 heterocycles. The largest absolute Gasteiger partial charge is 0.384 e. The molecule has 0 aromatic carbocycles. The molecule has 0 bridgehead atoms. The van der Waals surface area contributed by atoms with E-state index in [9.17, 15) is 4.79 Å². The summed E-state index contributed by atoms with van der Waals surface area (Å²) < 4.78 is 0. The van der Waals surface area contributed by atoms with Crippen LogP contribution in [0.3, 0.4) is 0 Å². The molecule has 2 aromatic rings. The fraction of sp³-hybridized carbons (Fsp3) is 0.308. The summed E-state index contributed by atoms with van der Waals surface area (Å²) in [5, 5.41) is 5.78. The second-order valence-electron chi connectivity index (χ2n) is 4.23. The molecule has 0 aliphatic rings. The summed E-state index contributed by atoms with van der Waals surface area (Å²) in [5.41, 5.74) is 6.91. The summed E-state index contributed by atoms with van der Waals surface area (Å²) in [7, 11) is 0. The van der Waals surface area contributed by atoms with Crippen molar-refractivity contribution in [1.82, 2.24) is 15.3 Å². The van der Waals surface area contributed by atoms with Gasteiger partial charge in [-0.05, 0) is 25.5 Å². The van der Waals surface area contributed by atoms with E-state index in [2.05, 4.69) is 15.3 Å². The number of pyridine rings is 1. The lowest BCUT2D eigenvalue weighted by atomic mass is 10.1. The number of carbonyl (C=O) groups excluding carboxylic acids is 1. The molecule has 0 saturated heterocycles. The van der Waals surface area contributed by atoms with Crippen molar-refractivity contribution in [1.29, 1.82) is 0 Å². The van der Waals surface area contributed by atoms with Gasteiger partial charge in [-0.2, -0.15) is 0 Å². The Balaban J connectivity index is 2.15. The monoisotopic (exact) mass is 276 g/mol. The highest BCUT2D eigenvalue weighted by atomic mass is 32.1. The number of carbonyl (C=O) groups is 1. The van der Waals surface area contributed by atoms with Gasteiger partial charge in [0.25, 0.3) is 5.91 Å². The number of rotatable bonds is 4. The number of nitrogens with two attached hydrogens (primary N) is 1. The summed E-state index contributed by atoms with van der Waals surface area (Å²) in [6.45, 7) is 3.82. The molecule has 100 valence electrons. The van der Waals surface area contributed by atoms with Gasteiger partial charge in [0.05, 0.1) is 6.04 Å². The maximum absolute atomic E-state index is 12.2. The number of hydrogen-bond acceptors (Lipinski definition) is 5. The van der Waals surface area contributed by atoms with Crippen molar-refractivity contribution in [3.05, 3.63) is 40.0 Å². The molecule has 2 aromatic heterocycles. The molecule has 1 unspecified atom stereocenters. The van der Waals surface area contributed by atoms with E-state index < -0.39 is 0 Å². The third kappa shape index (κ3) is 3.29. The number of amides is 1. The van der Waals surface area contributed by atoms with Gasteiger partial charge in [-0.3, -0.25) is 4.79 Å². The van der Waals surface area contributed by atoms with Gasteiger partial charge in [-0.25, -0.2) is 9.97 Å². The van der Waals surface area contributed by atoms with Crippen molar-refractivity contribution in [2.45, 2.75) is 26.3 Å². The quantitative estimate of drug-likeness (QED) is 0.898. The molecule has 0 spiro atoms. The second-order valence-corrected chi connectivity index (χ2v) is 5.15. The first-order valence-electron chi connectivity index (χ1n) is 6.04. The zero-order chi connectivity index (χ0) is 13.8. The summed E-state index contributed by atoms with van der Waals surface area (Å²) >= 11 is 1.54. The molecule has 0 aliphatic heterocycles. The van der Waals surface area contributed by atoms with Crippen LogP contribution in [0.25, 0.3) is 0 Å². The number of anilines is 1. The first kappa shape index (κ1) is 13.5. The number of aryl methyl sites for hydroxylation is 1. The Morgan fingerprint density at radius 1 is 1.53 bits per heavy atom. The number of nitrogen functional groups attached to an aromatic ring is 1. The lowest BCUT2D eigenvalue weighted by molar-refractivity contribution is 0.0935. The molecule has 0 saturated carbocycles. The molecule has 5 nitrogen and oxygen atoms in total. The van der Waals surface area contributed by atoms with Crippen LogP contribution in [-0.2, 0) is 0 Å². The maximum Gasteiger partial charge on any atom is 0.252 e. The lowest BCUT2D eigenvalue weighted by Crippen LogP contribution is -2.28. The van der Waals surface area contributed by atoms with Crippen LogP contribution in [0.4, 0.5) is 5.82 Å². The van der Waals surface area contributed by atoms with E-state index in [0.717, 1.165) is 17.1 Å². The topological polar surface area (TPSA) is 80.9 Å². The van der Waals surface area contributed by atoms with E-state index in [-0.39, 0.29) is 11.9 Å². The van der Waals surface area contributed by atoms with Crippen LogP contribution in [-0.4, -0.2) is 15.9 Å². The SMILES string of the molecule is CCC(NC(=O)c1cc(C)nc(N)c1)c1nccs1. The van der Waals surface area contributed by atoms with Gasteiger partial charge in [-0.1, -0.05) is 6.92 Å². The van der Waals surface area contributed by atoms with Gasteiger partial charge in [0.15, 0.2) is 0 Å². The fourth-order valence-electron chi connectivity index (χ4n) is 1.81. The highest BCUT2D eigenvalue weighted by molar-refractivity contribution is 7.09. The molecule has 0 radical (unpaired) electrons. The molecule has 0 fully saturated rings. The number of hydrogen-bond donors (Lipinski definition) is 2. The second kappa shape index (κ2) is 5.79. The normalized spacial score (nSPS) is 12.1. The van der Waals surface area contributed by atoms with Gasteiger partial charge >= 0.3 is 0 Å². The van der Waals surface area contributed by atoms with Crippen molar-refractivity contribution in [2.24, 2.45) is 0 Å². The average molecular weight is 276 g/mol. The zero-order valence-corrected chi connectivity index (χ0v) is 11.7. The Hall–Kier alpha value is -1.95. The van der Waals surface area contributed by atoms with Gasteiger partial charge in [-0.15, -0.1) is 11.3 Å². The van der Waals surface area contributed by atoms with Crippen molar-refractivity contribution in [2.75, 3.05) is 5.73 Å². The number of aromatic nitrogens is 2. The van der Waals surface area contributed by atoms with E-state index in [1.165, 1.54) is 11.3 Å². The van der Waals surface area contributed by atoms with Crippen LogP contribution >= 0.6 is 11.3 Å². The molecule has 0 aliphatic carbocycles. The third-order valence-corrected chi connectivity index (χ3v) is 3.59. The third-order valence-electron chi connectivity index (χ3n) is 2.70. The number of nitrogens with one attached hydrogen (secondary N) is 1. The number of thiazole rings is 1. The van der Waals surface area contributed by atoms with E-state index in [1.807, 2.05) is 19.2 Å². The van der Waals surface area contributed by atoms with Crippen LogP contribution in [0.2, 0.25) is 0 Å². The van der Waals surface area contributed by atoms with Crippen molar-refractivity contribution < 1.29 is 4.79 Å². The molecule has 19 heavy (non-hydrogen) atoms. The van der Waals surface area contributed by atoms with Gasteiger partial charge in [0.1, 0.15) is 10.8 Å². The molecule has 1 atom stereocenters. The van der Waals surface area contributed by atoms with Crippen LogP contribution in [0.15, 0.2) is 23.7 Å². The predicted octanol–water partition coefficient (Wildman–Crippen LogP) is 2.31. The van der Waals surface area contributed by atoms with Gasteiger partial charge < -0.3 is 11.1 Å². The smallest absolute Gasteiger partial charge is 0.252 e. The Morgan fingerprint density at radius 3 is 2.89 bits per heavy atom.